The first-order valence-corrected chi connectivity index (χ1v) is 6.27. The number of pyridine rings is 1. The molecule has 3 nitrogen and oxygen atoms in total. The van der Waals surface area contributed by atoms with E-state index in [9.17, 15) is 0 Å². The molecule has 0 radical (unpaired) electrons. The minimum atomic E-state index is 0.241. The fraction of sp³-hybridized carbons (Fsp3) is 0.143. The standard InChI is InChI=1S/C14H10Cl2N2O/c1-19-14-12(5-3-10(18-14)6-7-17)11-4-2-9(15)8-13(11)16/h2-5,8H,6H2,1H3. The maximum absolute atomic E-state index is 8.68. The monoisotopic (exact) mass is 292 g/mol. The molecule has 1 aromatic carbocycles. The summed E-state index contributed by atoms with van der Waals surface area (Å²) in [6, 6.07) is 10.9. The Bertz CT molecular complexity index is 650. The Labute approximate surface area is 121 Å². The van der Waals surface area contributed by atoms with Crippen LogP contribution >= 0.6 is 23.2 Å². The Morgan fingerprint density at radius 2 is 1.95 bits per heavy atom. The number of aromatic nitrogens is 1. The molecule has 0 bridgehead atoms. The van der Waals surface area contributed by atoms with Crippen molar-refractivity contribution in [2.45, 2.75) is 6.42 Å². The van der Waals surface area contributed by atoms with Crippen LogP contribution in [0.4, 0.5) is 0 Å². The number of hydrogen-bond donors (Lipinski definition) is 0. The summed E-state index contributed by atoms with van der Waals surface area (Å²) in [7, 11) is 1.53. The normalized spacial score (nSPS) is 10.0. The minimum absolute atomic E-state index is 0.241. The third-order valence-electron chi connectivity index (χ3n) is 2.59. The predicted molar refractivity (Wildman–Crippen MR) is 75.6 cm³/mol. The lowest BCUT2D eigenvalue weighted by atomic mass is 10.1. The van der Waals surface area contributed by atoms with E-state index in [-0.39, 0.29) is 6.42 Å². The van der Waals surface area contributed by atoms with Gasteiger partial charge in [-0.2, -0.15) is 5.26 Å². The van der Waals surface area contributed by atoms with Gasteiger partial charge >= 0.3 is 0 Å². The Kier molecular flexibility index (Phi) is 4.26. The lowest BCUT2D eigenvalue weighted by molar-refractivity contribution is 0.398. The van der Waals surface area contributed by atoms with Crippen molar-refractivity contribution < 1.29 is 4.74 Å². The number of ether oxygens (including phenoxy) is 1. The molecular formula is C14H10Cl2N2O. The van der Waals surface area contributed by atoms with Gasteiger partial charge in [-0.3, -0.25) is 0 Å². The Morgan fingerprint density at radius 1 is 1.21 bits per heavy atom. The number of rotatable bonds is 3. The van der Waals surface area contributed by atoms with Gasteiger partial charge in [0.15, 0.2) is 0 Å². The van der Waals surface area contributed by atoms with Crippen LogP contribution in [0, 0.1) is 11.3 Å². The maximum Gasteiger partial charge on any atom is 0.221 e. The molecule has 0 unspecified atom stereocenters. The summed E-state index contributed by atoms with van der Waals surface area (Å²) in [5, 5.41) is 9.78. The summed E-state index contributed by atoms with van der Waals surface area (Å²) in [5.74, 6) is 0.442. The Balaban J connectivity index is 2.53. The van der Waals surface area contributed by atoms with Crippen molar-refractivity contribution in [2.75, 3.05) is 7.11 Å². The van der Waals surface area contributed by atoms with Crippen LogP contribution in [-0.4, -0.2) is 12.1 Å². The van der Waals surface area contributed by atoms with Crippen LogP contribution in [0.3, 0.4) is 0 Å². The van der Waals surface area contributed by atoms with Crippen molar-refractivity contribution in [1.82, 2.24) is 4.98 Å². The second kappa shape index (κ2) is 5.92. The molecule has 0 saturated carbocycles. The topological polar surface area (TPSA) is 45.9 Å². The van der Waals surface area contributed by atoms with E-state index in [1.54, 1.807) is 18.2 Å². The summed E-state index contributed by atoms with van der Waals surface area (Å²) >= 11 is 12.1. The van der Waals surface area contributed by atoms with Gasteiger partial charge in [-0.1, -0.05) is 29.3 Å². The van der Waals surface area contributed by atoms with E-state index in [1.807, 2.05) is 12.1 Å². The zero-order valence-corrected chi connectivity index (χ0v) is 11.7. The molecule has 5 heteroatoms. The molecule has 19 heavy (non-hydrogen) atoms. The summed E-state index contributed by atoms with van der Waals surface area (Å²) in [6.07, 6.45) is 0.241. The molecule has 96 valence electrons. The molecule has 0 N–H and O–H groups in total. The van der Waals surface area contributed by atoms with Gasteiger partial charge in [-0.15, -0.1) is 0 Å². The second-order valence-corrected chi connectivity index (χ2v) is 4.66. The predicted octanol–water partition coefficient (Wildman–Crippen LogP) is 4.13. The van der Waals surface area contributed by atoms with Gasteiger partial charge in [-0.25, -0.2) is 4.98 Å². The molecule has 2 rings (SSSR count). The summed E-state index contributed by atoms with van der Waals surface area (Å²) < 4.78 is 5.26. The van der Waals surface area contributed by atoms with E-state index in [0.29, 0.717) is 21.6 Å². The highest BCUT2D eigenvalue weighted by molar-refractivity contribution is 6.36. The highest BCUT2D eigenvalue weighted by Gasteiger charge is 2.12. The minimum Gasteiger partial charge on any atom is -0.481 e. The number of methoxy groups -OCH3 is 1. The van der Waals surface area contributed by atoms with E-state index in [4.69, 9.17) is 33.2 Å². The van der Waals surface area contributed by atoms with Crippen LogP contribution in [-0.2, 0) is 6.42 Å². The molecule has 2 aromatic rings. The highest BCUT2D eigenvalue weighted by atomic mass is 35.5. The van der Waals surface area contributed by atoms with Crippen molar-refractivity contribution in [3.63, 3.8) is 0 Å². The third kappa shape index (κ3) is 2.98. The zero-order valence-electron chi connectivity index (χ0n) is 10.2. The highest BCUT2D eigenvalue weighted by Crippen LogP contribution is 2.35. The average molecular weight is 293 g/mol. The SMILES string of the molecule is COc1nc(CC#N)ccc1-c1ccc(Cl)cc1Cl. The van der Waals surface area contributed by atoms with Gasteiger partial charge in [-0.05, 0) is 24.3 Å². The number of hydrogen-bond acceptors (Lipinski definition) is 3. The molecule has 0 aliphatic heterocycles. The third-order valence-corrected chi connectivity index (χ3v) is 3.14. The molecule has 1 heterocycles. The summed E-state index contributed by atoms with van der Waals surface area (Å²) in [4.78, 5) is 4.28. The second-order valence-electron chi connectivity index (χ2n) is 3.82. The van der Waals surface area contributed by atoms with Gasteiger partial charge in [0.25, 0.3) is 0 Å². The molecule has 1 aromatic heterocycles. The van der Waals surface area contributed by atoms with Crippen molar-refractivity contribution >= 4 is 23.2 Å². The fourth-order valence-corrected chi connectivity index (χ4v) is 2.24. The quantitative estimate of drug-likeness (QED) is 0.854. The molecule has 0 atom stereocenters. The smallest absolute Gasteiger partial charge is 0.221 e. The van der Waals surface area contributed by atoms with Crippen LogP contribution < -0.4 is 4.74 Å². The first kappa shape index (κ1) is 13.7. The van der Waals surface area contributed by atoms with E-state index >= 15 is 0 Å². The van der Waals surface area contributed by atoms with E-state index in [1.165, 1.54) is 7.11 Å². The lowest BCUT2D eigenvalue weighted by Gasteiger charge is -2.10. The lowest BCUT2D eigenvalue weighted by Crippen LogP contribution is -1.96. The molecular weight excluding hydrogens is 283 g/mol. The zero-order chi connectivity index (χ0) is 13.8. The van der Waals surface area contributed by atoms with Crippen LogP contribution in [0.15, 0.2) is 30.3 Å². The number of nitriles is 1. The van der Waals surface area contributed by atoms with Gasteiger partial charge in [0, 0.05) is 16.1 Å². The molecule has 0 amide bonds. The van der Waals surface area contributed by atoms with Crippen LogP contribution in [0.1, 0.15) is 5.69 Å². The molecule has 0 aliphatic rings. The molecule has 0 fully saturated rings. The van der Waals surface area contributed by atoms with E-state index < -0.39 is 0 Å². The Morgan fingerprint density at radius 3 is 2.58 bits per heavy atom. The average Bonchev–Trinajstić information content (AvgIpc) is 2.39. The van der Waals surface area contributed by atoms with Crippen molar-refractivity contribution in [1.29, 1.82) is 5.26 Å². The largest absolute Gasteiger partial charge is 0.481 e. The van der Waals surface area contributed by atoms with Gasteiger partial charge in [0.1, 0.15) is 0 Å². The summed E-state index contributed by atoms with van der Waals surface area (Å²) in [6.45, 7) is 0. The molecule has 0 spiro atoms. The molecule has 0 aliphatic carbocycles. The van der Waals surface area contributed by atoms with Gasteiger partial charge in [0.2, 0.25) is 5.88 Å². The number of benzene rings is 1. The van der Waals surface area contributed by atoms with Crippen LogP contribution in [0.5, 0.6) is 5.88 Å². The van der Waals surface area contributed by atoms with Crippen LogP contribution in [0.25, 0.3) is 11.1 Å². The van der Waals surface area contributed by atoms with E-state index in [0.717, 1.165) is 11.1 Å². The number of halogens is 2. The maximum atomic E-state index is 8.68. The van der Waals surface area contributed by atoms with Crippen molar-refractivity contribution in [2.24, 2.45) is 0 Å². The molecule has 0 saturated heterocycles. The van der Waals surface area contributed by atoms with E-state index in [2.05, 4.69) is 11.1 Å². The fourth-order valence-electron chi connectivity index (χ4n) is 1.73. The van der Waals surface area contributed by atoms with Crippen molar-refractivity contribution in [3.05, 3.63) is 46.1 Å². The first-order valence-electron chi connectivity index (χ1n) is 5.52. The first-order chi connectivity index (χ1) is 9.15. The summed E-state index contributed by atoms with van der Waals surface area (Å²) in [5.41, 5.74) is 2.22. The van der Waals surface area contributed by atoms with Crippen molar-refractivity contribution in [3.8, 4) is 23.1 Å². The Hall–Kier alpha value is -1.76. The van der Waals surface area contributed by atoms with Gasteiger partial charge in [0.05, 0.1) is 30.3 Å². The number of nitrogens with zero attached hydrogens (tertiary/aromatic N) is 2. The van der Waals surface area contributed by atoms with Gasteiger partial charge < -0.3 is 4.74 Å². The van der Waals surface area contributed by atoms with Crippen LogP contribution in [0.2, 0.25) is 10.0 Å².